The van der Waals surface area contributed by atoms with Crippen LogP contribution in [0.25, 0.3) is 5.69 Å². The average Bonchev–Trinajstić information content (AvgIpc) is 3.30. The van der Waals surface area contributed by atoms with Gasteiger partial charge in [-0.05, 0) is 59.9 Å². The number of carboxylic acid groups (broad SMARTS) is 1. The predicted octanol–water partition coefficient (Wildman–Crippen LogP) is 1.07. The molecule has 3 atom stereocenters. The van der Waals surface area contributed by atoms with E-state index in [-0.39, 0.29) is 16.9 Å². The summed E-state index contributed by atoms with van der Waals surface area (Å²) in [5.74, 6) is -0.951. The molecule has 2 aliphatic rings. The molecule has 0 radical (unpaired) electrons. The third kappa shape index (κ3) is 2.78. The molecule has 0 spiro atoms. The summed E-state index contributed by atoms with van der Waals surface area (Å²) in [6, 6.07) is 4.94. The summed E-state index contributed by atoms with van der Waals surface area (Å²) in [6.07, 6.45) is 5.37. The van der Waals surface area contributed by atoms with Gasteiger partial charge in [0.25, 0.3) is 0 Å². The van der Waals surface area contributed by atoms with Crippen molar-refractivity contribution < 1.29 is 18.3 Å². The van der Waals surface area contributed by atoms with Gasteiger partial charge in [-0.3, -0.25) is 4.79 Å². The van der Waals surface area contributed by atoms with Crippen LogP contribution in [-0.2, 0) is 14.8 Å². The molecule has 1 saturated carbocycles. The smallest absolute Gasteiger partial charge is 0.322 e. The third-order valence-electron chi connectivity index (χ3n) is 5.34. The number of benzene rings is 1. The number of rotatable bonds is 4. The Morgan fingerprint density at radius 2 is 1.88 bits per heavy atom. The Morgan fingerprint density at radius 1 is 1.15 bits per heavy atom. The summed E-state index contributed by atoms with van der Waals surface area (Å²) in [5.41, 5.74) is 0.626. The quantitative estimate of drug-likeness (QED) is 0.846. The van der Waals surface area contributed by atoms with E-state index >= 15 is 0 Å². The van der Waals surface area contributed by atoms with E-state index in [1.807, 2.05) is 0 Å². The molecule has 2 fully saturated rings. The molecule has 1 aliphatic heterocycles. The molecule has 1 N–H and O–H groups in total. The van der Waals surface area contributed by atoms with Gasteiger partial charge in [-0.25, -0.2) is 13.1 Å². The molecule has 1 saturated heterocycles. The highest BCUT2D eigenvalue weighted by Crippen LogP contribution is 2.42. The maximum atomic E-state index is 13.2. The van der Waals surface area contributed by atoms with Crippen molar-refractivity contribution in [3.63, 3.8) is 0 Å². The molecule has 10 heteroatoms. The van der Waals surface area contributed by atoms with Crippen molar-refractivity contribution in [2.45, 2.75) is 49.1 Å². The van der Waals surface area contributed by atoms with Crippen molar-refractivity contribution in [3.05, 3.63) is 30.6 Å². The minimum absolute atomic E-state index is 0.0896. The van der Waals surface area contributed by atoms with E-state index < -0.39 is 22.0 Å². The monoisotopic (exact) mass is 377 g/mol. The number of hydrogen-bond donors (Lipinski definition) is 1. The lowest BCUT2D eigenvalue weighted by Gasteiger charge is -2.32. The summed E-state index contributed by atoms with van der Waals surface area (Å²) < 4.78 is 29.1. The summed E-state index contributed by atoms with van der Waals surface area (Å²) >= 11 is 0. The highest BCUT2D eigenvalue weighted by atomic mass is 32.2. The lowest BCUT2D eigenvalue weighted by atomic mass is 9.85. The number of aliphatic carboxylic acids is 1. The summed E-state index contributed by atoms with van der Waals surface area (Å²) in [7, 11) is -3.90. The Kier molecular flexibility index (Phi) is 4.23. The second-order valence-corrected chi connectivity index (χ2v) is 8.63. The molecule has 9 nitrogen and oxygen atoms in total. The summed E-state index contributed by atoms with van der Waals surface area (Å²) in [5, 5.41) is 20.4. The van der Waals surface area contributed by atoms with Crippen LogP contribution in [-0.4, -0.2) is 56.1 Å². The van der Waals surface area contributed by atoms with Crippen LogP contribution in [0.15, 0.2) is 35.5 Å². The lowest BCUT2D eigenvalue weighted by molar-refractivity contribution is -0.141. The van der Waals surface area contributed by atoms with Crippen molar-refractivity contribution in [2.24, 2.45) is 5.92 Å². The van der Waals surface area contributed by atoms with E-state index in [0.717, 1.165) is 25.7 Å². The van der Waals surface area contributed by atoms with Crippen LogP contribution in [0.5, 0.6) is 0 Å². The zero-order valence-electron chi connectivity index (χ0n) is 14.0. The molecule has 3 unspecified atom stereocenters. The average molecular weight is 377 g/mol. The van der Waals surface area contributed by atoms with E-state index in [1.54, 1.807) is 12.1 Å². The number of sulfonamides is 1. The van der Waals surface area contributed by atoms with Crippen LogP contribution in [0.1, 0.15) is 32.1 Å². The molecule has 26 heavy (non-hydrogen) atoms. The number of carboxylic acids is 1. The van der Waals surface area contributed by atoms with E-state index in [9.17, 15) is 18.3 Å². The normalized spacial score (nSPS) is 26.5. The molecule has 138 valence electrons. The summed E-state index contributed by atoms with van der Waals surface area (Å²) in [6.45, 7) is 0. The SMILES string of the molecule is O=C(O)C1CC2CCCCC2N1S(=O)(=O)c1ccc(-n2cnnn2)cc1. The first-order chi connectivity index (χ1) is 12.5. The summed E-state index contributed by atoms with van der Waals surface area (Å²) in [4.78, 5) is 11.8. The highest BCUT2D eigenvalue weighted by Gasteiger charge is 2.51. The number of nitrogens with zero attached hydrogens (tertiary/aromatic N) is 5. The number of carbonyl (C=O) groups is 1. The number of fused-ring (bicyclic) bond motifs is 1. The first-order valence-electron chi connectivity index (χ1n) is 8.58. The maximum absolute atomic E-state index is 13.2. The van der Waals surface area contributed by atoms with E-state index in [2.05, 4.69) is 15.5 Å². The Hall–Kier alpha value is -2.33. The van der Waals surface area contributed by atoms with Crippen LogP contribution in [0.3, 0.4) is 0 Å². The topological polar surface area (TPSA) is 118 Å². The minimum Gasteiger partial charge on any atom is -0.480 e. The molecule has 0 bridgehead atoms. The molecule has 2 aromatic rings. The van der Waals surface area contributed by atoms with Gasteiger partial charge < -0.3 is 5.11 Å². The van der Waals surface area contributed by atoms with Crippen LogP contribution < -0.4 is 0 Å². The Morgan fingerprint density at radius 3 is 2.54 bits per heavy atom. The van der Waals surface area contributed by atoms with Gasteiger partial charge in [-0.1, -0.05) is 12.8 Å². The molecular formula is C16H19N5O4S. The number of tetrazole rings is 1. The number of aromatic nitrogens is 4. The van der Waals surface area contributed by atoms with E-state index in [0.29, 0.717) is 12.1 Å². The first-order valence-corrected chi connectivity index (χ1v) is 10.0. The Bertz CT molecular complexity index is 897. The van der Waals surface area contributed by atoms with Crippen molar-refractivity contribution in [2.75, 3.05) is 0 Å². The Balaban J connectivity index is 1.69. The van der Waals surface area contributed by atoms with Gasteiger partial charge in [0, 0.05) is 6.04 Å². The van der Waals surface area contributed by atoms with Gasteiger partial charge in [0.15, 0.2) is 0 Å². The highest BCUT2D eigenvalue weighted by molar-refractivity contribution is 7.89. The van der Waals surface area contributed by atoms with Gasteiger partial charge in [0.1, 0.15) is 12.4 Å². The molecule has 1 aliphatic carbocycles. The van der Waals surface area contributed by atoms with Gasteiger partial charge in [0.2, 0.25) is 10.0 Å². The molecule has 0 amide bonds. The molecule has 1 aromatic heterocycles. The maximum Gasteiger partial charge on any atom is 0.322 e. The first kappa shape index (κ1) is 17.1. The molecule has 2 heterocycles. The van der Waals surface area contributed by atoms with Gasteiger partial charge in [-0.2, -0.15) is 4.31 Å². The minimum atomic E-state index is -3.90. The molecule has 1 aromatic carbocycles. The largest absolute Gasteiger partial charge is 0.480 e. The number of hydrogen-bond acceptors (Lipinski definition) is 6. The third-order valence-corrected chi connectivity index (χ3v) is 7.29. The van der Waals surface area contributed by atoms with Crippen LogP contribution >= 0.6 is 0 Å². The van der Waals surface area contributed by atoms with E-state index in [4.69, 9.17) is 0 Å². The van der Waals surface area contributed by atoms with Gasteiger partial charge in [0.05, 0.1) is 10.6 Å². The lowest BCUT2D eigenvalue weighted by Crippen LogP contribution is -2.46. The van der Waals surface area contributed by atoms with Crippen molar-refractivity contribution >= 4 is 16.0 Å². The van der Waals surface area contributed by atoms with Crippen LogP contribution in [0.4, 0.5) is 0 Å². The zero-order valence-corrected chi connectivity index (χ0v) is 14.8. The fourth-order valence-corrected chi connectivity index (χ4v) is 6.02. The zero-order chi connectivity index (χ0) is 18.3. The Labute approximate surface area is 150 Å². The second-order valence-electron chi connectivity index (χ2n) is 6.78. The van der Waals surface area contributed by atoms with Crippen LogP contribution in [0.2, 0.25) is 0 Å². The van der Waals surface area contributed by atoms with Crippen molar-refractivity contribution in [3.8, 4) is 5.69 Å². The van der Waals surface area contributed by atoms with E-state index in [1.165, 1.54) is 27.4 Å². The fraction of sp³-hybridized carbons (Fsp3) is 0.500. The second kappa shape index (κ2) is 6.44. The predicted molar refractivity (Wildman–Crippen MR) is 90.0 cm³/mol. The van der Waals surface area contributed by atoms with Crippen molar-refractivity contribution in [1.29, 1.82) is 0 Å². The molecule has 4 rings (SSSR count). The van der Waals surface area contributed by atoms with Gasteiger partial charge >= 0.3 is 5.97 Å². The van der Waals surface area contributed by atoms with Crippen molar-refractivity contribution in [1.82, 2.24) is 24.5 Å². The fourth-order valence-electron chi connectivity index (χ4n) is 4.15. The standard InChI is InChI=1S/C16H19N5O4S/c22-16(23)15-9-11-3-1-2-4-14(11)21(15)26(24,25)13-7-5-12(6-8-13)20-10-17-18-19-20/h5-8,10-11,14-15H,1-4,9H2,(H,22,23). The van der Waals surface area contributed by atoms with Crippen LogP contribution in [0, 0.1) is 5.92 Å². The van der Waals surface area contributed by atoms with Gasteiger partial charge in [-0.15, -0.1) is 5.10 Å². The molecular weight excluding hydrogens is 358 g/mol.